The average molecular weight is 155 g/mol. The Bertz CT molecular complexity index is 123. The summed E-state index contributed by atoms with van der Waals surface area (Å²) in [6.07, 6.45) is 4.05. The van der Waals surface area contributed by atoms with E-state index in [4.69, 9.17) is 0 Å². The van der Waals surface area contributed by atoms with Gasteiger partial charge >= 0.3 is 0 Å². The van der Waals surface area contributed by atoms with Gasteiger partial charge in [0.05, 0.1) is 6.04 Å². The summed E-state index contributed by atoms with van der Waals surface area (Å²) in [6, 6.07) is 0.431. The number of aliphatic imine (C=N–C) groups is 1. The molecular formula is C10H21N. The highest BCUT2D eigenvalue weighted by molar-refractivity contribution is 5.80. The van der Waals surface area contributed by atoms with Crippen molar-refractivity contribution in [1.82, 2.24) is 0 Å². The number of nitrogens with zero attached hydrogens (tertiary/aromatic N) is 1. The Kier molecular flexibility index (Phi) is 11.1. The number of hydrogen-bond donors (Lipinski definition) is 0. The predicted octanol–water partition coefficient (Wildman–Crippen LogP) is 3.46. The summed E-state index contributed by atoms with van der Waals surface area (Å²) in [7, 11) is 0. The van der Waals surface area contributed by atoms with Gasteiger partial charge < -0.3 is 0 Å². The van der Waals surface area contributed by atoms with Gasteiger partial charge in [-0.25, -0.2) is 0 Å². The summed E-state index contributed by atoms with van der Waals surface area (Å²) in [5.41, 5.74) is 1.28. The third kappa shape index (κ3) is 7.31. The zero-order valence-electron chi connectivity index (χ0n) is 8.68. The molecule has 1 unspecified atom stereocenters. The Morgan fingerprint density at radius 1 is 1.18 bits per heavy atom. The molecule has 0 aromatic carbocycles. The van der Waals surface area contributed by atoms with Crippen molar-refractivity contribution in [2.75, 3.05) is 0 Å². The van der Waals surface area contributed by atoms with Gasteiger partial charge in [0, 0.05) is 6.21 Å². The first-order valence-corrected chi connectivity index (χ1v) is 4.50. The highest BCUT2D eigenvalue weighted by Gasteiger charge is 1.97. The zero-order chi connectivity index (χ0) is 9.28. The van der Waals surface area contributed by atoms with Crippen molar-refractivity contribution in [3.63, 3.8) is 0 Å². The van der Waals surface area contributed by atoms with Crippen LogP contribution in [0, 0.1) is 0 Å². The van der Waals surface area contributed by atoms with Crippen molar-refractivity contribution in [3.05, 3.63) is 11.6 Å². The molecule has 0 saturated heterocycles. The van der Waals surface area contributed by atoms with Gasteiger partial charge in [-0.3, -0.25) is 4.99 Å². The van der Waals surface area contributed by atoms with Gasteiger partial charge in [0.1, 0.15) is 0 Å². The van der Waals surface area contributed by atoms with Crippen LogP contribution in [0.4, 0.5) is 0 Å². The van der Waals surface area contributed by atoms with E-state index in [0.717, 1.165) is 0 Å². The standard InChI is InChI=1S/C6H9N.2C2H6/c1-5-3-6(2)7-4-5;2*1-2/h3-4,6H,1-2H3;2*1-2H3. The van der Waals surface area contributed by atoms with Crippen LogP contribution in [0.15, 0.2) is 16.6 Å². The van der Waals surface area contributed by atoms with Gasteiger partial charge in [-0.2, -0.15) is 0 Å². The van der Waals surface area contributed by atoms with E-state index in [9.17, 15) is 0 Å². The zero-order valence-corrected chi connectivity index (χ0v) is 8.68. The third-order valence-electron chi connectivity index (χ3n) is 1.02. The molecule has 1 heteroatoms. The Labute approximate surface area is 71.2 Å². The lowest BCUT2D eigenvalue weighted by molar-refractivity contribution is 0.948. The fourth-order valence-electron chi connectivity index (χ4n) is 0.702. The van der Waals surface area contributed by atoms with Crippen LogP contribution in [0.25, 0.3) is 0 Å². The SMILES string of the molecule is CC.CC.CC1=CC(C)N=C1. The number of hydrogen-bond acceptors (Lipinski definition) is 1. The molecule has 0 saturated carbocycles. The lowest BCUT2D eigenvalue weighted by Crippen LogP contribution is -1.83. The second-order valence-corrected chi connectivity index (χ2v) is 1.93. The second-order valence-electron chi connectivity index (χ2n) is 1.93. The van der Waals surface area contributed by atoms with Crippen LogP contribution >= 0.6 is 0 Å². The molecule has 1 rings (SSSR count). The van der Waals surface area contributed by atoms with Crippen LogP contribution in [-0.2, 0) is 0 Å². The number of allylic oxidation sites excluding steroid dienone is 1. The molecule has 1 aliphatic heterocycles. The minimum atomic E-state index is 0.431. The summed E-state index contributed by atoms with van der Waals surface area (Å²) in [5, 5.41) is 0. The van der Waals surface area contributed by atoms with Gasteiger partial charge in [-0.05, 0) is 19.4 Å². The third-order valence-corrected chi connectivity index (χ3v) is 1.02. The molecule has 0 bridgehead atoms. The quantitative estimate of drug-likeness (QED) is 0.508. The van der Waals surface area contributed by atoms with Crippen LogP contribution in [0.1, 0.15) is 41.5 Å². The fourth-order valence-corrected chi connectivity index (χ4v) is 0.702. The molecule has 1 atom stereocenters. The molecule has 0 spiro atoms. The molecule has 0 aromatic rings. The van der Waals surface area contributed by atoms with E-state index in [-0.39, 0.29) is 0 Å². The van der Waals surface area contributed by atoms with Gasteiger partial charge in [0.25, 0.3) is 0 Å². The molecule has 0 radical (unpaired) electrons. The molecular weight excluding hydrogens is 134 g/mol. The normalized spacial score (nSPS) is 19.1. The maximum Gasteiger partial charge on any atom is 0.0657 e. The summed E-state index contributed by atoms with van der Waals surface area (Å²) >= 11 is 0. The molecule has 0 aromatic heterocycles. The maximum absolute atomic E-state index is 4.10. The molecule has 11 heavy (non-hydrogen) atoms. The summed E-state index contributed by atoms with van der Waals surface area (Å²) < 4.78 is 0. The Morgan fingerprint density at radius 3 is 1.73 bits per heavy atom. The molecule has 0 amide bonds. The van der Waals surface area contributed by atoms with Crippen LogP contribution in [0.3, 0.4) is 0 Å². The fraction of sp³-hybridized carbons (Fsp3) is 0.700. The topological polar surface area (TPSA) is 12.4 Å². The second kappa shape index (κ2) is 9.41. The first-order valence-electron chi connectivity index (χ1n) is 4.50. The van der Waals surface area contributed by atoms with Crippen molar-refractivity contribution in [2.45, 2.75) is 47.6 Å². The summed E-state index contributed by atoms with van der Waals surface area (Å²) in [6.45, 7) is 12.1. The largest absolute Gasteiger partial charge is 0.286 e. The van der Waals surface area contributed by atoms with Gasteiger partial charge in [0.2, 0.25) is 0 Å². The Balaban J connectivity index is 0. The minimum absolute atomic E-state index is 0.431. The van der Waals surface area contributed by atoms with Crippen LogP contribution in [0.5, 0.6) is 0 Å². The first-order chi connectivity index (χ1) is 5.29. The van der Waals surface area contributed by atoms with Crippen molar-refractivity contribution < 1.29 is 0 Å². The van der Waals surface area contributed by atoms with Crippen LogP contribution in [0.2, 0.25) is 0 Å². The van der Waals surface area contributed by atoms with E-state index < -0.39 is 0 Å². The highest BCUT2D eigenvalue weighted by Crippen LogP contribution is 2.03. The van der Waals surface area contributed by atoms with E-state index in [2.05, 4.69) is 24.9 Å². The molecule has 1 heterocycles. The van der Waals surface area contributed by atoms with E-state index in [1.54, 1.807) is 0 Å². The Morgan fingerprint density at radius 2 is 1.64 bits per heavy atom. The lowest BCUT2D eigenvalue weighted by atomic mass is 10.3. The minimum Gasteiger partial charge on any atom is -0.286 e. The predicted molar refractivity (Wildman–Crippen MR) is 54.4 cm³/mol. The van der Waals surface area contributed by atoms with Crippen molar-refractivity contribution in [3.8, 4) is 0 Å². The van der Waals surface area contributed by atoms with E-state index in [1.165, 1.54) is 5.57 Å². The van der Waals surface area contributed by atoms with E-state index in [1.807, 2.05) is 33.9 Å². The Hall–Kier alpha value is -0.590. The number of rotatable bonds is 0. The molecule has 1 aliphatic rings. The van der Waals surface area contributed by atoms with Gasteiger partial charge in [-0.15, -0.1) is 0 Å². The molecule has 0 N–H and O–H groups in total. The van der Waals surface area contributed by atoms with Crippen LogP contribution < -0.4 is 0 Å². The van der Waals surface area contributed by atoms with E-state index in [0.29, 0.717) is 6.04 Å². The van der Waals surface area contributed by atoms with Crippen molar-refractivity contribution >= 4 is 6.21 Å². The summed E-state index contributed by atoms with van der Waals surface area (Å²) in [4.78, 5) is 4.10. The highest BCUT2D eigenvalue weighted by atomic mass is 14.8. The smallest absolute Gasteiger partial charge is 0.0657 e. The monoisotopic (exact) mass is 155 g/mol. The molecule has 0 aliphatic carbocycles. The molecule has 1 nitrogen and oxygen atoms in total. The van der Waals surface area contributed by atoms with E-state index >= 15 is 0 Å². The molecule has 0 fully saturated rings. The lowest BCUT2D eigenvalue weighted by Gasteiger charge is -1.85. The average Bonchev–Trinajstić information content (AvgIpc) is 2.43. The van der Waals surface area contributed by atoms with Gasteiger partial charge in [0.15, 0.2) is 0 Å². The van der Waals surface area contributed by atoms with Crippen molar-refractivity contribution in [1.29, 1.82) is 0 Å². The maximum atomic E-state index is 4.10. The molecule has 66 valence electrons. The summed E-state index contributed by atoms with van der Waals surface area (Å²) in [5.74, 6) is 0. The first kappa shape index (κ1) is 13.0. The van der Waals surface area contributed by atoms with Crippen LogP contribution in [-0.4, -0.2) is 12.3 Å². The van der Waals surface area contributed by atoms with Crippen molar-refractivity contribution in [2.24, 2.45) is 4.99 Å². The van der Waals surface area contributed by atoms with Gasteiger partial charge in [-0.1, -0.05) is 33.8 Å².